The molecule has 29 heavy (non-hydrogen) atoms. The van der Waals surface area contributed by atoms with E-state index in [0.717, 1.165) is 16.7 Å². The molecule has 0 radical (unpaired) electrons. The standard InChI is InChI=1S/C23H25NO5/c1-26-20-13-18(17-9-11-24-12-10-17)21(23(27-2)28-3)19(14-25)22(20)29-15-16-7-5-4-6-8-16/h4-13,23,25H,14-15H2,1-3H3. The minimum absolute atomic E-state index is 0.266. The van der Waals surface area contributed by atoms with Crippen molar-refractivity contribution in [2.45, 2.75) is 19.5 Å². The molecule has 0 unspecified atom stereocenters. The number of nitrogens with zero attached hydrogens (tertiary/aromatic N) is 1. The third kappa shape index (κ3) is 4.56. The Hall–Kier alpha value is -2.93. The number of methoxy groups -OCH3 is 3. The number of aliphatic hydroxyl groups excluding tert-OH is 1. The van der Waals surface area contributed by atoms with Crippen LogP contribution in [0.5, 0.6) is 11.5 Å². The fourth-order valence-electron chi connectivity index (χ4n) is 3.28. The van der Waals surface area contributed by atoms with Crippen molar-refractivity contribution >= 4 is 0 Å². The third-order valence-electron chi connectivity index (χ3n) is 4.65. The van der Waals surface area contributed by atoms with Gasteiger partial charge in [-0.15, -0.1) is 0 Å². The summed E-state index contributed by atoms with van der Waals surface area (Å²) in [5.41, 5.74) is 3.97. The van der Waals surface area contributed by atoms with Gasteiger partial charge in [0.2, 0.25) is 0 Å². The van der Waals surface area contributed by atoms with E-state index in [0.29, 0.717) is 29.2 Å². The average molecular weight is 395 g/mol. The Balaban J connectivity index is 2.16. The van der Waals surface area contributed by atoms with Crippen LogP contribution >= 0.6 is 0 Å². The van der Waals surface area contributed by atoms with Crippen LogP contribution in [0.15, 0.2) is 60.9 Å². The molecule has 0 aliphatic carbocycles. The van der Waals surface area contributed by atoms with Gasteiger partial charge in [0.25, 0.3) is 0 Å². The van der Waals surface area contributed by atoms with Gasteiger partial charge in [0.15, 0.2) is 17.8 Å². The summed E-state index contributed by atoms with van der Waals surface area (Å²) >= 11 is 0. The van der Waals surface area contributed by atoms with E-state index in [1.165, 1.54) is 0 Å². The van der Waals surface area contributed by atoms with Crippen molar-refractivity contribution in [1.29, 1.82) is 0 Å². The summed E-state index contributed by atoms with van der Waals surface area (Å²) in [6.07, 6.45) is 2.72. The van der Waals surface area contributed by atoms with Crippen LogP contribution in [0.1, 0.15) is 23.0 Å². The fraction of sp³-hybridized carbons (Fsp3) is 0.261. The van der Waals surface area contributed by atoms with E-state index in [2.05, 4.69) is 4.98 Å². The average Bonchev–Trinajstić information content (AvgIpc) is 2.79. The Kier molecular flexibility index (Phi) is 7.19. The molecule has 0 aliphatic rings. The molecule has 1 aromatic heterocycles. The molecule has 0 saturated heterocycles. The van der Waals surface area contributed by atoms with Crippen LogP contribution in [0.4, 0.5) is 0 Å². The first-order valence-corrected chi connectivity index (χ1v) is 9.20. The van der Waals surface area contributed by atoms with Crippen LogP contribution in [0.3, 0.4) is 0 Å². The van der Waals surface area contributed by atoms with E-state index in [-0.39, 0.29) is 6.61 Å². The molecule has 3 aromatic rings. The van der Waals surface area contributed by atoms with Gasteiger partial charge in [-0.25, -0.2) is 0 Å². The van der Waals surface area contributed by atoms with Gasteiger partial charge in [-0.2, -0.15) is 0 Å². The topological polar surface area (TPSA) is 70.0 Å². The molecular formula is C23H25NO5. The first kappa shape index (κ1) is 20.8. The molecule has 6 nitrogen and oxygen atoms in total. The lowest BCUT2D eigenvalue weighted by molar-refractivity contribution is -0.106. The molecule has 1 N–H and O–H groups in total. The van der Waals surface area contributed by atoms with Crippen LogP contribution < -0.4 is 9.47 Å². The summed E-state index contributed by atoms with van der Waals surface area (Å²) in [4.78, 5) is 4.08. The second-order valence-corrected chi connectivity index (χ2v) is 6.32. The van der Waals surface area contributed by atoms with Gasteiger partial charge in [-0.05, 0) is 34.9 Å². The quantitative estimate of drug-likeness (QED) is 0.550. The zero-order valence-electron chi connectivity index (χ0n) is 16.8. The van der Waals surface area contributed by atoms with E-state index in [9.17, 15) is 5.11 Å². The molecule has 0 bridgehead atoms. The third-order valence-corrected chi connectivity index (χ3v) is 4.65. The maximum Gasteiger partial charge on any atom is 0.184 e. The number of hydrogen-bond donors (Lipinski definition) is 1. The SMILES string of the molecule is COc1cc(-c2ccncc2)c(C(OC)OC)c(CO)c1OCc1ccccc1. The van der Waals surface area contributed by atoms with Crippen molar-refractivity contribution in [3.8, 4) is 22.6 Å². The smallest absolute Gasteiger partial charge is 0.184 e. The van der Waals surface area contributed by atoms with E-state index in [1.807, 2.05) is 48.5 Å². The van der Waals surface area contributed by atoms with Crippen LogP contribution in [-0.2, 0) is 22.7 Å². The Morgan fingerprint density at radius 3 is 2.24 bits per heavy atom. The Morgan fingerprint density at radius 1 is 0.966 bits per heavy atom. The lowest BCUT2D eigenvalue weighted by Gasteiger charge is -2.25. The first-order valence-electron chi connectivity index (χ1n) is 9.20. The monoisotopic (exact) mass is 395 g/mol. The van der Waals surface area contributed by atoms with Gasteiger partial charge in [-0.3, -0.25) is 4.98 Å². The summed E-state index contributed by atoms with van der Waals surface area (Å²) in [7, 11) is 4.69. The highest BCUT2D eigenvalue weighted by atomic mass is 16.7. The molecule has 0 aliphatic heterocycles. The lowest BCUT2D eigenvalue weighted by Crippen LogP contribution is -2.12. The Bertz CT molecular complexity index is 912. The van der Waals surface area contributed by atoms with Gasteiger partial charge in [0.1, 0.15) is 6.61 Å². The van der Waals surface area contributed by atoms with Crippen molar-refractivity contribution in [2.24, 2.45) is 0 Å². The molecule has 0 spiro atoms. The van der Waals surface area contributed by atoms with Crippen molar-refractivity contribution in [3.05, 3.63) is 77.6 Å². The fourth-order valence-corrected chi connectivity index (χ4v) is 3.28. The summed E-state index contributed by atoms with van der Waals surface area (Å²) in [6.45, 7) is 0.0703. The normalized spacial score (nSPS) is 10.9. The predicted molar refractivity (Wildman–Crippen MR) is 110 cm³/mol. The van der Waals surface area contributed by atoms with Crippen molar-refractivity contribution < 1.29 is 24.1 Å². The van der Waals surface area contributed by atoms with Crippen molar-refractivity contribution in [2.75, 3.05) is 21.3 Å². The van der Waals surface area contributed by atoms with Crippen LogP contribution in [-0.4, -0.2) is 31.4 Å². The number of aromatic nitrogens is 1. The molecule has 152 valence electrons. The second kappa shape index (κ2) is 10.0. The maximum absolute atomic E-state index is 10.3. The number of ether oxygens (including phenoxy) is 4. The molecule has 0 amide bonds. The molecule has 3 rings (SSSR count). The van der Waals surface area contributed by atoms with Gasteiger partial charge in [0.05, 0.1) is 13.7 Å². The van der Waals surface area contributed by atoms with Gasteiger partial charge >= 0.3 is 0 Å². The van der Waals surface area contributed by atoms with Gasteiger partial charge < -0.3 is 24.1 Å². The molecule has 1 heterocycles. The molecular weight excluding hydrogens is 370 g/mol. The number of rotatable bonds is 9. The molecule has 0 saturated carbocycles. The van der Waals surface area contributed by atoms with E-state index < -0.39 is 6.29 Å². The Morgan fingerprint density at radius 2 is 1.66 bits per heavy atom. The number of hydrogen-bond acceptors (Lipinski definition) is 6. The maximum atomic E-state index is 10.3. The summed E-state index contributed by atoms with van der Waals surface area (Å²) < 4.78 is 22.8. The zero-order valence-corrected chi connectivity index (χ0v) is 16.8. The molecule has 2 aromatic carbocycles. The molecule has 0 atom stereocenters. The van der Waals surface area contributed by atoms with Gasteiger partial charge in [0, 0.05) is 37.7 Å². The summed E-state index contributed by atoms with van der Waals surface area (Å²) in [5.74, 6) is 0.984. The number of benzene rings is 2. The summed E-state index contributed by atoms with van der Waals surface area (Å²) in [5, 5.41) is 10.3. The number of pyridine rings is 1. The largest absolute Gasteiger partial charge is 0.493 e. The molecule has 6 heteroatoms. The highest BCUT2D eigenvalue weighted by Crippen LogP contribution is 2.44. The van der Waals surface area contributed by atoms with Crippen molar-refractivity contribution in [3.63, 3.8) is 0 Å². The number of aliphatic hydroxyl groups is 1. The molecule has 0 fully saturated rings. The van der Waals surface area contributed by atoms with Crippen LogP contribution in [0.25, 0.3) is 11.1 Å². The van der Waals surface area contributed by atoms with Crippen LogP contribution in [0, 0.1) is 0 Å². The van der Waals surface area contributed by atoms with Gasteiger partial charge in [-0.1, -0.05) is 30.3 Å². The van der Waals surface area contributed by atoms with Crippen LogP contribution in [0.2, 0.25) is 0 Å². The highest BCUT2D eigenvalue weighted by Gasteiger charge is 2.26. The Labute approximate surface area is 170 Å². The van der Waals surface area contributed by atoms with E-state index in [4.69, 9.17) is 18.9 Å². The van der Waals surface area contributed by atoms with E-state index in [1.54, 1.807) is 33.7 Å². The van der Waals surface area contributed by atoms with Crippen molar-refractivity contribution in [1.82, 2.24) is 4.98 Å². The minimum Gasteiger partial charge on any atom is -0.493 e. The zero-order chi connectivity index (χ0) is 20.6. The predicted octanol–water partition coefficient (Wildman–Crippen LogP) is 4.12. The summed E-state index contributed by atoms with van der Waals surface area (Å²) in [6, 6.07) is 15.4. The lowest BCUT2D eigenvalue weighted by atomic mass is 9.94. The first-order chi connectivity index (χ1) is 14.2. The van der Waals surface area contributed by atoms with E-state index >= 15 is 0 Å². The highest BCUT2D eigenvalue weighted by molar-refractivity contribution is 5.74. The second-order valence-electron chi connectivity index (χ2n) is 6.32. The minimum atomic E-state index is -0.690.